The number of nitrogens with two attached hydrogens (primary N) is 1. The van der Waals surface area contributed by atoms with Crippen LogP contribution in [0.3, 0.4) is 0 Å². The number of hydrogen-bond donors (Lipinski definition) is 2. The van der Waals surface area contributed by atoms with Crippen molar-refractivity contribution in [2.45, 2.75) is 25.8 Å². The third kappa shape index (κ3) is 3.00. The average molecular weight is 262 g/mol. The Morgan fingerprint density at radius 2 is 2.26 bits per heavy atom. The van der Waals surface area contributed by atoms with E-state index in [9.17, 15) is 4.39 Å². The van der Waals surface area contributed by atoms with Crippen molar-refractivity contribution in [2.75, 3.05) is 0 Å². The van der Waals surface area contributed by atoms with Crippen molar-refractivity contribution in [1.82, 2.24) is 15.0 Å². The molecule has 0 spiro atoms. The van der Waals surface area contributed by atoms with E-state index in [4.69, 9.17) is 5.84 Å². The molecule has 0 aliphatic carbocycles. The number of benzene rings is 1. The third-order valence-electron chi connectivity index (χ3n) is 3.38. The molecule has 2 aromatic rings. The van der Waals surface area contributed by atoms with Gasteiger partial charge in [0, 0.05) is 37.5 Å². The van der Waals surface area contributed by atoms with E-state index in [1.165, 1.54) is 0 Å². The Labute approximate surface area is 112 Å². The molecule has 1 aromatic heterocycles. The van der Waals surface area contributed by atoms with E-state index < -0.39 is 0 Å². The summed E-state index contributed by atoms with van der Waals surface area (Å²) in [7, 11) is 1.94. The molecule has 19 heavy (non-hydrogen) atoms. The molecular formula is C14H19FN4. The number of hydrazine groups is 1. The molecule has 0 fully saturated rings. The van der Waals surface area contributed by atoms with E-state index in [1.54, 1.807) is 25.3 Å². The molecule has 0 saturated heterocycles. The van der Waals surface area contributed by atoms with Gasteiger partial charge in [-0.25, -0.2) is 9.37 Å². The van der Waals surface area contributed by atoms with Crippen molar-refractivity contribution in [1.29, 1.82) is 0 Å². The van der Waals surface area contributed by atoms with Gasteiger partial charge in [-0.15, -0.1) is 0 Å². The Bertz CT molecular complexity index is 550. The van der Waals surface area contributed by atoms with E-state index >= 15 is 0 Å². The van der Waals surface area contributed by atoms with Gasteiger partial charge in [0.25, 0.3) is 0 Å². The van der Waals surface area contributed by atoms with Gasteiger partial charge < -0.3 is 4.57 Å². The Morgan fingerprint density at radius 1 is 1.47 bits per heavy atom. The minimum atomic E-state index is -0.211. The number of hydrogen-bond acceptors (Lipinski definition) is 3. The first-order valence-corrected chi connectivity index (χ1v) is 6.30. The Kier molecular flexibility index (Phi) is 4.29. The highest BCUT2D eigenvalue weighted by Gasteiger charge is 2.16. The highest BCUT2D eigenvalue weighted by atomic mass is 19.1. The van der Waals surface area contributed by atoms with Crippen molar-refractivity contribution >= 4 is 0 Å². The summed E-state index contributed by atoms with van der Waals surface area (Å²) in [6.45, 7) is 1.76. The molecule has 0 bridgehead atoms. The molecule has 5 heteroatoms. The summed E-state index contributed by atoms with van der Waals surface area (Å²) in [5, 5.41) is 0. The molecule has 0 saturated carbocycles. The van der Waals surface area contributed by atoms with Crippen LogP contribution in [-0.4, -0.2) is 9.55 Å². The molecule has 3 N–H and O–H groups in total. The van der Waals surface area contributed by atoms with Crippen LogP contribution >= 0.6 is 0 Å². The lowest BCUT2D eigenvalue weighted by molar-refractivity contribution is 0.476. The van der Waals surface area contributed by atoms with Gasteiger partial charge in [0.15, 0.2) is 0 Å². The zero-order chi connectivity index (χ0) is 13.8. The Balaban J connectivity index is 2.12. The minimum absolute atomic E-state index is 0.190. The van der Waals surface area contributed by atoms with Crippen molar-refractivity contribution in [3.63, 3.8) is 0 Å². The molecule has 1 unspecified atom stereocenters. The van der Waals surface area contributed by atoms with Gasteiger partial charge in [0.1, 0.15) is 11.6 Å². The highest BCUT2D eigenvalue weighted by Crippen LogP contribution is 2.22. The predicted octanol–water partition coefficient (Wildman–Crippen LogP) is 2.00. The van der Waals surface area contributed by atoms with E-state index in [2.05, 4.69) is 10.4 Å². The second-order valence-electron chi connectivity index (χ2n) is 4.69. The number of imidazole rings is 1. The maximum atomic E-state index is 14.1. The lowest BCUT2D eigenvalue weighted by Crippen LogP contribution is -2.29. The van der Waals surface area contributed by atoms with Gasteiger partial charge in [-0.3, -0.25) is 11.3 Å². The number of halogens is 1. The van der Waals surface area contributed by atoms with Gasteiger partial charge in [0.2, 0.25) is 0 Å². The molecule has 4 nitrogen and oxygen atoms in total. The summed E-state index contributed by atoms with van der Waals surface area (Å²) in [6, 6.07) is 5.16. The molecule has 1 aromatic carbocycles. The van der Waals surface area contributed by atoms with Crippen molar-refractivity contribution in [2.24, 2.45) is 12.9 Å². The smallest absolute Gasteiger partial charge is 0.130 e. The number of aromatic nitrogens is 2. The first-order valence-electron chi connectivity index (χ1n) is 6.30. The summed E-state index contributed by atoms with van der Waals surface area (Å²) in [4.78, 5) is 4.26. The van der Waals surface area contributed by atoms with Gasteiger partial charge in [-0.2, -0.15) is 0 Å². The van der Waals surface area contributed by atoms with E-state index in [-0.39, 0.29) is 11.9 Å². The standard InChI is InChI=1S/C14H19FN4/c1-10-4-3-5-11(14(10)15)12(18-16)6-7-13-17-8-9-19(13)2/h3-5,8-9,12,18H,6-7,16H2,1-2H3. The summed E-state index contributed by atoms with van der Waals surface area (Å²) in [6.07, 6.45) is 5.09. The molecule has 0 aliphatic rings. The fraction of sp³-hybridized carbons (Fsp3) is 0.357. The second-order valence-corrected chi connectivity index (χ2v) is 4.69. The van der Waals surface area contributed by atoms with E-state index in [0.717, 1.165) is 12.2 Å². The normalized spacial score (nSPS) is 12.6. The van der Waals surface area contributed by atoms with Crippen molar-refractivity contribution in [3.05, 3.63) is 53.4 Å². The quantitative estimate of drug-likeness (QED) is 0.640. The monoisotopic (exact) mass is 262 g/mol. The highest BCUT2D eigenvalue weighted by molar-refractivity contribution is 5.27. The SMILES string of the molecule is Cc1cccc(C(CCc2nccn2C)NN)c1F. The summed E-state index contributed by atoms with van der Waals surface area (Å²) < 4.78 is 16.0. The van der Waals surface area contributed by atoms with Crippen LogP contribution in [0.4, 0.5) is 4.39 Å². The molecular weight excluding hydrogens is 243 g/mol. The maximum absolute atomic E-state index is 14.1. The van der Waals surface area contributed by atoms with Crippen molar-refractivity contribution < 1.29 is 4.39 Å². The maximum Gasteiger partial charge on any atom is 0.130 e. The fourth-order valence-electron chi connectivity index (χ4n) is 2.18. The summed E-state index contributed by atoms with van der Waals surface area (Å²) in [5.74, 6) is 6.33. The second kappa shape index (κ2) is 5.95. The van der Waals surface area contributed by atoms with Gasteiger partial charge in [-0.1, -0.05) is 18.2 Å². The molecule has 0 amide bonds. The van der Waals surface area contributed by atoms with Crippen LogP contribution in [0.1, 0.15) is 29.4 Å². The molecule has 1 heterocycles. The van der Waals surface area contributed by atoms with Crippen LogP contribution in [-0.2, 0) is 13.5 Å². The van der Waals surface area contributed by atoms with Crippen molar-refractivity contribution in [3.8, 4) is 0 Å². The van der Waals surface area contributed by atoms with Gasteiger partial charge >= 0.3 is 0 Å². The zero-order valence-corrected chi connectivity index (χ0v) is 11.2. The van der Waals surface area contributed by atoms with Crippen LogP contribution in [0.15, 0.2) is 30.6 Å². The molecule has 0 radical (unpaired) electrons. The molecule has 2 rings (SSSR count). The molecule has 102 valence electrons. The topological polar surface area (TPSA) is 55.9 Å². The van der Waals surface area contributed by atoms with Crippen LogP contribution < -0.4 is 11.3 Å². The first-order chi connectivity index (χ1) is 9.13. The molecule has 1 atom stereocenters. The first kappa shape index (κ1) is 13.7. The van der Waals surface area contributed by atoms with Gasteiger partial charge in [-0.05, 0) is 18.9 Å². The number of nitrogens with one attached hydrogen (secondary N) is 1. The zero-order valence-electron chi connectivity index (χ0n) is 11.2. The number of rotatable bonds is 5. The van der Waals surface area contributed by atoms with Crippen LogP contribution in [0.5, 0.6) is 0 Å². The third-order valence-corrected chi connectivity index (χ3v) is 3.38. The number of aryl methyl sites for hydroxylation is 3. The predicted molar refractivity (Wildman–Crippen MR) is 72.7 cm³/mol. The average Bonchev–Trinajstić information content (AvgIpc) is 2.80. The van der Waals surface area contributed by atoms with Crippen LogP contribution in [0.25, 0.3) is 0 Å². The fourth-order valence-corrected chi connectivity index (χ4v) is 2.18. The Hall–Kier alpha value is -1.72. The largest absolute Gasteiger partial charge is 0.338 e. The van der Waals surface area contributed by atoms with E-state index in [1.807, 2.05) is 23.9 Å². The Morgan fingerprint density at radius 3 is 2.89 bits per heavy atom. The number of nitrogens with zero attached hydrogens (tertiary/aromatic N) is 2. The summed E-state index contributed by atoms with van der Waals surface area (Å²) in [5.41, 5.74) is 3.93. The van der Waals surface area contributed by atoms with E-state index in [0.29, 0.717) is 17.5 Å². The minimum Gasteiger partial charge on any atom is -0.338 e. The summed E-state index contributed by atoms with van der Waals surface area (Å²) >= 11 is 0. The van der Waals surface area contributed by atoms with Crippen LogP contribution in [0, 0.1) is 12.7 Å². The molecule has 0 aliphatic heterocycles. The lowest BCUT2D eigenvalue weighted by atomic mass is 9.99. The van der Waals surface area contributed by atoms with Gasteiger partial charge in [0.05, 0.1) is 0 Å². The lowest BCUT2D eigenvalue weighted by Gasteiger charge is -2.17. The van der Waals surface area contributed by atoms with Crippen LogP contribution in [0.2, 0.25) is 0 Å².